The quantitative estimate of drug-likeness (QED) is 0.523. The number of nitrogens with zero attached hydrogens (tertiary/aromatic N) is 4. The molecule has 2 aliphatic heterocycles. The molecule has 0 N–H and O–H groups in total. The molecular formula is C25H35ClN4O2S. The van der Waals surface area contributed by atoms with E-state index in [-0.39, 0.29) is 12.0 Å². The van der Waals surface area contributed by atoms with Crippen LogP contribution < -0.4 is 0 Å². The highest BCUT2D eigenvalue weighted by Crippen LogP contribution is 2.45. The topological polar surface area (TPSA) is 47.1 Å². The van der Waals surface area contributed by atoms with E-state index in [4.69, 9.17) is 11.6 Å². The van der Waals surface area contributed by atoms with Crippen LogP contribution in [0.25, 0.3) is 0 Å². The van der Waals surface area contributed by atoms with Crippen molar-refractivity contribution in [3.8, 4) is 0 Å². The van der Waals surface area contributed by atoms with E-state index in [9.17, 15) is 8.42 Å². The second-order valence-electron chi connectivity index (χ2n) is 8.84. The molecule has 2 fully saturated rings. The number of halogens is 1. The summed E-state index contributed by atoms with van der Waals surface area (Å²) in [6.07, 6.45) is 1.83. The Hall–Kier alpha value is -1.48. The van der Waals surface area contributed by atoms with Gasteiger partial charge in [-0.15, -0.1) is 4.41 Å². The number of hydrogen-bond donors (Lipinski definition) is 0. The molecule has 33 heavy (non-hydrogen) atoms. The molecule has 6 nitrogen and oxygen atoms in total. The maximum Gasteiger partial charge on any atom is 0.295 e. The molecule has 0 aliphatic carbocycles. The molecule has 180 valence electrons. The minimum absolute atomic E-state index is 0.0291. The molecule has 2 aromatic carbocycles. The average Bonchev–Trinajstić information content (AvgIpc) is 3.50. The Morgan fingerprint density at radius 2 is 1.58 bits per heavy atom. The summed E-state index contributed by atoms with van der Waals surface area (Å²) in [7, 11) is -3.66. The lowest BCUT2D eigenvalue weighted by atomic mass is 9.89. The fourth-order valence-electron chi connectivity index (χ4n) is 5.06. The minimum atomic E-state index is -3.66. The number of likely N-dealkylation sites (N-methyl/N-ethyl adjacent to an activating group) is 1. The fraction of sp³-hybridized carbons (Fsp3) is 0.520. The Morgan fingerprint density at radius 1 is 0.939 bits per heavy atom. The van der Waals surface area contributed by atoms with Gasteiger partial charge in [0, 0.05) is 43.7 Å². The average molecular weight is 491 g/mol. The van der Waals surface area contributed by atoms with E-state index in [2.05, 4.69) is 35.9 Å². The highest BCUT2D eigenvalue weighted by molar-refractivity contribution is 7.86. The van der Waals surface area contributed by atoms with Gasteiger partial charge < -0.3 is 4.90 Å². The molecule has 0 spiro atoms. The normalized spacial score (nSPS) is 23.0. The van der Waals surface area contributed by atoms with Gasteiger partial charge in [0.1, 0.15) is 0 Å². The van der Waals surface area contributed by atoms with Gasteiger partial charge in [-0.25, -0.2) is 5.01 Å². The molecule has 2 heterocycles. The minimum Gasteiger partial charge on any atom is -0.303 e. The third-order valence-corrected chi connectivity index (χ3v) is 9.14. The summed E-state index contributed by atoms with van der Waals surface area (Å²) in [5.41, 5.74) is 2.13. The highest BCUT2D eigenvalue weighted by atomic mass is 35.5. The molecule has 2 aliphatic rings. The van der Waals surface area contributed by atoms with Crippen molar-refractivity contribution in [2.24, 2.45) is 0 Å². The van der Waals surface area contributed by atoms with Crippen molar-refractivity contribution >= 4 is 21.8 Å². The monoisotopic (exact) mass is 490 g/mol. The Kier molecular flexibility index (Phi) is 8.10. The van der Waals surface area contributed by atoms with E-state index in [1.165, 1.54) is 0 Å². The van der Waals surface area contributed by atoms with Crippen molar-refractivity contribution < 1.29 is 8.42 Å². The van der Waals surface area contributed by atoms with Gasteiger partial charge in [0.15, 0.2) is 0 Å². The number of hydrogen-bond acceptors (Lipinski definition) is 4. The van der Waals surface area contributed by atoms with Crippen LogP contribution in [0, 0.1) is 0 Å². The van der Waals surface area contributed by atoms with Crippen molar-refractivity contribution in [1.29, 1.82) is 0 Å². The largest absolute Gasteiger partial charge is 0.303 e. The first-order valence-corrected chi connectivity index (χ1v) is 13.8. The predicted octanol–water partition coefficient (Wildman–Crippen LogP) is 4.38. The Morgan fingerprint density at radius 3 is 2.18 bits per heavy atom. The van der Waals surface area contributed by atoms with Crippen LogP contribution in [-0.2, 0) is 10.2 Å². The first-order chi connectivity index (χ1) is 16.0. The number of hydrazine groups is 1. The van der Waals surface area contributed by atoms with Crippen molar-refractivity contribution in [1.82, 2.24) is 18.6 Å². The van der Waals surface area contributed by atoms with E-state index in [1.54, 1.807) is 8.72 Å². The third kappa shape index (κ3) is 5.29. The Labute approximate surface area is 203 Å². The SMILES string of the molecule is CCN(CC)CCN1CC(c2ccccc2)C(c2ccc(Cl)cc2)N1S(=O)(=O)N1CCCC1. The fourth-order valence-corrected chi connectivity index (χ4v) is 7.14. The van der Waals surface area contributed by atoms with E-state index in [0.29, 0.717) is 31.2 Å². The smallest absolute Gasteiger partial charge is 0.295 e. The van der Waals surface area contributed by atoms with Crippen molar-refractivity contribution in [3.63, 3.8) is 0 Å². The molecule has 0 bridgehead atoms. The summed E-state index contributed by atoms with van der Waals surface area (Å²) in [5.74, 6) is 0.0291. The van der Waals surface area contributed by atoms with Gasteiger partial charge in [-0.3, -0.25) is 0 Å². The van der Waals surface area contributed by atoms with Gasteiger partial charge in [-0.2, -0.15) is 12.7 Å². The lowest BCUT2D eigenvalue weighted by molar-refractivity contribution is 0.0703. The van der Waals surface area contributed by atoms with E-state index >= 15 is 0 Å². The van der Waals surface area contributed by atoms with Crippen LogP contribution in [-0.4, -0.2) is 72.9 Å². The van der Waals surface area contributed by atoms with Crippen LogP contribution in [0.15, 0.2) is 54.6 Å². The zero-order valence-electron chi connectivity index (χ0n) is 19.6. The van der Waals surface area contributed by atoms with Crippen LogP contribution in [0.3, 0.4) is 0 Å². The van der Waals surface area contributed by atoms with Crippen LogP contribution >= 0.6 is 11.6 Å². The maximum absolute atomic E-state index is 14.0. The first-order valence-electron chi connectivity index (χ1n) is 12.0. The van der Waals surface area contributed by atoms with Crippen molar-refractivity contribution in [3.05, 3.63) is 70.7 Å². The van der Waals surface area contributed by atoms with Crippen LogP contribution in [0.4, 0.5) is 0 Å². The molecule has 0 radical (unpaired) electrons. The van der Waals surface area contributed by atoms with Gasteiger partial charge in [-0.1, -0.05) is 67.9 Å². The zero-order chi connectivity index (χ0) is 23.4. The second kappa shape index (κ2) is 10.8. The molecule has 8 heteroatoms. The molecule has 2 saturated heterocycles. The van der Waals surface area contributed by atoms with Crippen molar-refractivity contribution in [2.45, 2.75) is 38.6 Å². The Balaban J connectivity index is 1.77. The molecule has 2 unspecified atom stereocenters. The lowest BCUT2D eigenvalue weighted by Crippen LogP contribution is -2.50. The highest BCUT2D eigenvalue weighted by Gasteiger charge is 2.49. The zero-order valence-corrected chi connectivity index (χ0v) is 21.2. The van der Waals surface area contributed by atoms with Crippen LogP contribution in [0.5, 0.6) is 0 Å². The molecule has 2 aromatic rings. The molecule has 4 rings (SSSR count). The number of benzene rings is 2. The summed E-state index contributed by atoms with van der Waals surface area (Å²) in [6, 6.07) is 17.7. The summed E-state index contributed by atoms with van der Waals surface area (Å²) in [6.45, 7) is 9.53. The van der Waals surface area contributed by atoms with Crippen LogP contribution in [0.1, 0.15) is 49.8 Å². The Bertz CT molecular complexity index is 993. The summed E-state index contributed by atoms with van der Waals surface area (Å²) in [4.78, 5) is 2.34. The first kappa shape index (κ1) is 24.6. The molecule has 0 amide bonds. The van der Waals surface area contributed by atoms with Crippen LogP contribution in [0.2, 0.25) is 5.02 Å². The maximum atomic E-state index is 14.0. The molecule has 0 aromatic heterocycles. The second-order valence-corrected chi connectivity index (χ2v) is 11.1. The summed E-state index contributed by atoms with van der Waals surface area (Å²) >= 11 is 6.19. The van der Waals surface area contributed by atoms with Gasteiger partial charge in [0.2, 0.25) is 0 Å². The number of rotatable bonds is 9. The van der Waals surface area contributed by atoms with E-state index in [1.807, 2.05) is 42.5 Å². The standard InChI is InChI=1S/C25H35ClN4O2S/c1-3-27(4-2)18-19-28-20-24(21-10-6-5-7-11-21)25(22-12-14-23(26)15-13-22)30(28)33(31,32)29-16-8-9-17-29/h5-7,10-15,24-25H,3-4,8-9,16-20H2,1-2H3. The lowest BCUT2D eigenvalue weighted by Gasteiger charge is -2.35. The van der Waals surface area contributed by atoms with Gasteiger partial charge in [0.05, 0.1) is 6.04 Å². The van der Waals surface area contributed by atoms with Gasteiger partial charge in [-0.05, 0) is 49.2 Å². The van der Waals surface area contributed by atoms with E-state index in [0.717, 1.165) is 43.6 Å². The third-order valence-electron chi connectivity index (χ3n) is 6.94. The summed E-state index contributed by atoms with van der Waals surface area (Å²) < 4.78 is 31.4. The molecular weight excluding hydrogens is 456 g/mol. The van der Waals surface area contributed by atoms with E-state index < -0.39 is 10.2 Å². The molecule has 2 atom stereocenters. The molecule has 0 saturated carbocycles. The van der Waals surface area contributed by atoms with Crippen molar-refractivity contribution in [2.75, 3.05) is 45.8 Å². The predicted molar refractivity (Wildman–Crippen MR) is 134 cm³/mol. The summed E-state index contributed by atoms with van der Waals surface area (Å²) in [5, 5.41) is 2.73. The van der Waals surface area contributed by atoms with Gasteiger partial charge >= 0.3 is 0 Å². The van der Waals surface area contributed by atoms with Gasteiger partial charge in [0.25, 0.3) is 10.2 Å².